The van der Waals surface area contributed by atoms with Gasteiger partial charge in [-0.05, 0) is 12.1 Å². The number of methoxy groups -OCH3 is 2. The number of fused-ring (bicyclic) bond motifs is 1. The van der Waals surface area contributed by atoms with Crippen molar-refractivity contribution >= 4 is 34.8 Å². The number of aryl methyl sites for hydroxylation is 1. The molecule has 0 amide bonds. The van der Waals surface area contributed by atoms with Crippen molar-refractivity contribution in [2.24, 2.45) is 7.05 Å². The maximum absolute atomic E-state index is 15.4. The first-order valence-corrected chi connectivity index (χ1v) is 10.5. The number of nitrogens with zero attached hydrogens (tertiary/aromatic N) is 7. The van der Waals surface area contributed by atoms with Crippen molar-refractivity contribution in [2.45, 2.75) is 0 Å². The Morgan fingerprint density at radius 2 is 1.97 bits per heavy atom. The van der Waals surface area contributed by atoms with Gasteiger partial charge in [0.05, 0.1) is 50.9 Å². The molecule has 0 fully saturated rings. The fraction of sp³-hybridized carbons (Fsp3) is 0.217. The third kappa shape index (κ3) is 4.71. The molecule has 0 saturated carbocycles. The second kappa shape index (κ2) is 9.71. The van der Waals surface area contributed by atoms with E-state index >= 15 is 4.39 Å². The van der Waals surface area contributed by atoms with Crippen LogP contribution in [0.2, 0.25) is 0 Å². The van der Waals surface area contributed by atoms with E-state index in [4.69, 9.17) is 20.3 Å². The molecule has 3 aromatic heterocycles. The van der Waals surface area contributed by atoms with Gasteiger partial charge in [-0.1, -0.05) is 0 Å². The number of anilines is 2. The molecule has 0 bridgehead atoms. The second-order valence-electron chi connectivity index (χ2n) is 7.61. The number of likely N-dealkylation sites (N-methyl/N-ethyl adjacent to an activating group) is 1. The Balaban J connectivity index is 1.86. The van der Waals surface area contributed by atoms with Crippen molar-refractivity contribution < 1.29 is 13.9 Å². The third-order valence-electron chi connectivity index (χ3n) is 5.34. The highest BCUT2D eigenvalue weighted by Gasteiger charge is 2.23. The van der Waals surface area contributed by atoms with Crippen LogP contribution in [0.1, 0.15) is 0 Å². The molecule has 11 nitrogen and oxygen atoms in total. The highest BCUT2D eigenvalue weighted by Crippen LogP contribution is 2.36. The molecule has 0 unspecified atom stereocenters. The first-order chi connectivity index (χ1) is 16.8. The quantitative estimate of drug-likeness (QED) is 0.292. The molecule has 12 heteroatoms. The summed E-state index contributed by atoms with van der Waals surface area (Å²) < 4.78 is 27.6. The second-order valence-corrected chi connectivity index (χ2v) is 7.61. The average Bonchev–Trinajstić information content (AvgIpc) is 3.32. The van der Waals surface area contributed by atoms with E-state index in [0.717, 1.165) is 11.9 Å². The first-order valence-electron chi connectivity index (χ1n) is 10.5. The molecule has 3 heterocycles. The Morgan fingerprint density at radius 3 is 2.63 bits per heavy atom. The van der Waals surface area contributed by atoms with Gasteiger partial charge in [0.15, 0.2) is 17.2 Å². The maximum Gasteiger partial charge on any atom is 0.188 e. The Labute approximate surface area is 200 Å². The maximum atomic E-state index is 15.4. The number of benzene rings is 1. The van der Waals surface area contributed by atoms with Crippen LogP contribution in [0.15, 0.2) is 42.9 Å². The van der Waals surface area contributed by atoms with Gasteiger partial charge in [0.2, 0.25) is 0 Å². The molecule has 180 valence electrons. The Hall–Kier alpha value is -4.61. The molecule has 0 saturated heterocycles. The zero-order valence-corrected chi connectivity index (χ0v) is 19.7. The van der Waals surface area contributed by atoms with E-state index in [2.05, 4.69) is 20.1 Å². The predicted octanol–water partition coefficient (Wildman–Crippen LogP) is 3.24. The summed E-state index contributed by atoms with van der Waals surface area (Å²) in [6.07, 6.45) is 6.14. The van der Waals surface area contributed by atoms with Crippen LogP contribution >= 0.6 is 0 Å². The van der Waals surface area contributed by atoms with Gasteiger partial charge >= 0.3 is 0 Å². The summed E-state index contributed by atoms with van der Waals surface area (Å²) in [5.74, 6) is 0.0758. The minimum atomic E-state index is -0.643. The molecule has 4 rings (SSSR count). The molecule has 0 aliphatic heterocycles. The first kappa shape index (κ1) is 23.5. The minimum absolute atomic E-state index is 0.0178. The van der Waals surface area contributed by atoms with Gasteiger partial charge in [-0.2, -0.15) is 5.10 Å². The fourth-order valence-electron chi connectivity index (χ4n) is 3.38. The zero-order chi connectivity index (χ0) is 25.1. The largest absolute Gasteiger partial charge is 0.497 e. The van der Waals surface area contributed by atoms with Gasteiger partial charge in [-0.25, -0.2) is 14.4 Å². The summed E-state index contributed by atoms with van der Waals surface area (Å²) in [6, 6.07) is 6.33. The van der Waals surface area contributed by atoms with Crippen LogP contribution in [0.5, 0.6) is 11.5 Å². The standard InChI is InChI=1S/C23H24FN9O2/c1-31(13-25)20(26)12-33(18-7-15(34-3)8-19(35-4)22(18)24)21-6-5-16-23(30-21)29-17(10-27-16)14-9-28-32(2)11-14/h5-11,13,25-26H,12H2,1-4H3. The van der Waals surface area contributed by atoms with E-state index in [-0.39, 0.29) is 23.8 Å². The van der Waals surface area contributed by atoms with Crippen LogP contribution in [0, 0.1) is 16.6 Å². The van der Waals surface area contributed by atoms with E-state index in [1.165, 1.54) is 36.2 Å². The van der Waals surface area contributed by atoms with E-state index in [1.807, 2.05) is 13.2 Å². The number of amidine groups is 1. The van der Waals surface area contributed by atoms with Crippen LogP contribution in [0.3, 0.4) is 0 Å². The van der Waals surface area contributed by atoms with Crippen LogP contribution in [0.4, 0.5) is 15.9 Å². The normalized spacial score (nSPS) is 10.8. The Morgan fingerprint density at radius 1 is 1.17 bits per heavy atom. The number of hydrogen-bond acceptors (Lipinski definition) is 9. The van der Waals surface area contributed by atoms with Crippen LogP contribution in [0.25, 0.3) is 22.4 Å². The highest BCUT2D eigenvalue weighted by molar-refractivity contribution is 5.93. The van der Waals surface area contributed by atoms with E-state index < -0.39 is 5.82 Å². The molecular formula is C23H24FN9O2. The molecule has 0 atom stereocenters. The van der Waals surface area contributed by atoms with Crippen molar-refractivity contribution in [2.75, 3.05) is 32.7 Å². The van der Waals surface area contributed by atoms with Crippen molar-refractivity contribution in [3.63, 3.8) is 0 Å². The number of hydrogen-bond donors (Lipinski definition) is 2. The molecule has 0 aliphatic rings. The molecule has 0 spiro atoms. The third-order valence-corrected chi connectivity index (χ3v) is 5.34. The summed E-state index contributed by atoms with van der Waals surface area (Å²) in [7, 11) is 6.20. The Bertz CT molecular complexity index is 1410. The van der Waals surface area contributed by atoms with Gasteiger partial charge in [-0.15, -0.1) is 0 Å². The molecular weight excluding hydrogens is 453 g/mol. The minimum Gasteiger partial charge on any atom is -0.497 e. The summed E-state index contributed by atoms with van der Waals surface area (Å²) >= 11 is 0. The molecule has 0 aliphatic carbocycles. The van der Waals surface area contributed by atoms with Gasteiger partial charge in [0.25, 0.3) is 0 Å². The van der Waals surface area contributed by atoms with E-state index in [9.17, 15) is 0 Å². The number of halogens is 1. The highest BCUT2D eigenvalue weighted by atomic mass is 19.1. The number of rotatable bonds is 8. The lowest BCUT2D eigenvalue weighted by atomic mass is 10.2. The number of ether oxygens (including phenoxy) is 2. The van der Waals surface area contributed by atoms with Crippen LogP contribution in [-0.2, 0) is 7.05 Å². The van der Waals surface area contributed by atoms with Crippen molar-refractivity contribution in [3.05, 3.63) is 48.7 Å². The van der Waals surface area contributed by atoms with Gasteiger partial charge in [0, 0.05) is 38.0 Å². The molecule has 35 heavy (non-hydrogen) atoms. The van der Waals surface area contributed by atoms with Crippen LogP contribution < -0.4 is 14.4 Å². The van der Waals surface area contributed by atoms with Gasteiger partial charge < -0.3 is 19.3 Å². The molecule has 1 aromatic carbocycles. The number of aromatic nitrogens is 5. The average molecular weight is 478 g/mol. The molecule has 0 radical (unpaired) electrons. The summed E-state index contributed by atoms with van der Waals surface area (Å²) in [5, 5.41) is 20.0. The van der Waals surface area contributed by atoms with Crippen molar-refractivity contribution in [1.82, 2.24) is 29.6 Å². The van der Waals surface area contributed by atoms with Crippen molar-refractivity contribution in [3.8, 4) is 22.8 Å². The van der Waals surface area contributed by atoms with Crippen LogP contribution in [-0.4, -0.2) is 69.6 Å². The van der Waals surface area contributed by atoms with E-state index in [0.29, 0.717) is 28.4 Å². The van der Waals surface area contributed by atoms with Gasteiger partial charge in [0.1, 0.15) is 22.9 Å². The SMILES string of the molecule is COc1cc(OC)c(F)c(N(CC(=N)N(C)C=N)c2ccc3ncc(-c4cnn(C)c4)nc3n2)c1. The smallest absolute Gasteiger partial charge is 0.188 e. The van der Waals surface area contributed by atoms with Crippen molar-refractivity contribution in [1.29, 1.82) is 10.8 Å². The van der Waals surface area contributed by atoms with Gasteiger partial charge in [-0.3, -0.25) is 20.5 Å². The Kier molecular flexibility index (Phi) is 6.53. The topological polar surface area (TPSA) is 129 Å². The summed E-state index contributed by atoms with van der Waals surface area (Å²) in [4.78, 5) is 16.5. The predicted molar refractivity (Wildman–Crippen MR) is 130 cm³/mol. The molecule has 2 N–H and O–H groups in total. The lowest BCUT2D eigenvalue weighted by Crippen LogP contribution is -2.35. The fourth-order valence-corrected chi connectivity index (χ4v) is 3.38. The monoisotopic (exact) mass is 477 g/mol. The molecule has 4 aromatic rings. The lowest BCUT2D eigenvalue weighted by Gasteiger charge is -2.27. The lowest BCUT2D eigenvalue weighted by molar-refractivity contribution is 0.374. The summed E-state index contributed by atoms with van der Waals surface area (Å²) in [6.45, 7) is -0.0899. The summed E-state index contributed by atoms with van der Waals surface area (Å²) in [5.41, 5.74) is 2.36. The van der Waals surface area contributed by atoms with E-state index in [1.54, 1.807) is 36.3 Å². The number of pyridine rings is 1. The number of nitrogens with one attached hydrogen (secondary N) is 2. The zero-order valence-electron chi connectivity index (χ0n) is 19.7.